The molecule has 2 aromatic carbocycles. The summed E-state index contributed by atoms with van der Waals surface area (Å²) in [6.45, 7) is 2.04. The second kappa shape index (κ2) is 8.08. The fourth-order valence-corrected chi connectivity index (χ4v) is 5.12. The molecule has 144 valence electrons. The van der Waals surface area contributed by atoms with E-state index in [9.17, 15) is 17.6 Å². The molecule has 0 aliphatic carbocycles. The molecule has 0 saturated carbocycles. The SMILES string of the molecule is CC(NC(=O)C1CCCN1S(=O)(=O)c1ccc(Br)cc1)c1cccc(F)c1. The van der Waals surface area contributed by atoms with Gasteiger partial charge in [0, 0.05) is 11.0 Å². The lowest BCUT2D eigenvalue weighted by Crippen LogP contribution is -2.46. The van der Waals surface area contributed by atoms with E-state index in [2.05, 4.69) is 21.2 Å². The van der Waals surface area contributed by atoms with Gasteiger partial charge in [0.15, 0.2) is 0 Å². The third-order valence-electron chi connectivity index (χ3n) is 4.63. The molecule has 1 saturated heterocycles. The Morgan fingerprint density at radius 3 is 2.63 bits per heavy atom. The lowest BCUT2D eigenvalue weighted by Gasteiger charge is -2.25. The van der Waals surface area contributed by atoms with Crippen molar-refractivity contribution in [1.29, 1.82) is 0 Å². The maximum atomic E-state index is 13.4. The summed E-state index contributed by atoms with van der Waals surface area (Å²) in [5.74, 6) is -0.751. The first-order chi connectivity index (χ1) is 12.8. The zero-order chi connectivity index (χ0) is 19.6. The summed E-state index contributed by atoms with van der Waals surface area (Å²) < 4.78 is 41.3. The summed E-state index contributed by atoms with van der Waals surface area (Å²) in [6, 6.07) is 11.1. The van der Waals surface area contributed by atoms with Gasteiger partial charge >= 0.3 is 0 Å². The van der Waals surface area contributed by atoms with Crippen molar-refractivity contribution in [1.82, 2.24) is 9.62 Å². The van der Waals surface area contributed by atoms with Gasteiger partial charge in [0.05, 0.1) is 10.9 Å². The van der Waals surface area contributed by atoms with Gasteiger partial charge in [-0.05, 0) is 61.7 Å². The van der Waals surface area contributed by atoms with Crippen LogP contribution in [0.4, 0.5) is 4.39 Å². The van der Waals surface area contributed by atoms with Gasteiger partial charge in [0.2, 0.25) is 15.9 Å². The van der Waals surface area contributed by atoms with E-state index in [0.29, 0.717) is 24.9 Å². The van der Waals surface area contributed by atoms with E-state index in [1.54, 1.807) is 31.2 Å². The van der Waals surface area contributed by atoms with E-state index in [1.807, 2.05) is 0 Å². The molecule has 2 unspecified atom stereocenters. The van der Waals surface area contributed by atoms with Gasteiger partial charge in [0.25, 0.3) is 0 Å². The Bertz CT molecular complexity index is 934. The number of hydrogen-bond acceptors (Lipinski definition) is 3. The first-order valence-electron chi connectivity index (χ1n) is 8.62. The Balaban J connectivity index is 1.77. The minimum Gasteiger partial charge on any atom is -0.348 e. The number of nitrogens with zero attached hydrogens (tertiary/aromatic N) is 1. The fraction of sp³-hybridized carbons (Fsp3) is 0.316. The first-order valence-corrected chi connectivity index (χ1v) is 10.9. The van der Waals surface area contributed by atoms with Gasteiger partial charge in [-0.25, -0.2) is 12.8 Å². The zero-order valence-electron chi connectivity index (χ0n) is 14.7. The third kappa shape index (κ3) is 4.39. The van der Waals surface area contributed by atoms with Crippen LogP contribution >= 0.6 is 15.9 Å². The van der Waals surface area contributed by atoms with Crippen LogP contribution < -0.4 is 5.32 Å². The van der Waals surface area contributed by atoms with E-state index in [4.69, 9.17) is 0 Å². The molecule has 0 radical (unpaired) electrons. The summed E-state index contributed by atoms with van der Waals surface area (Å²) in [5, 5.41) is 2.81. The van der Waals surface area contributed by atoms with Gasteiger partial charge in [-0.15, -0.1) is 0 Å². The van der Waals surface area contributed by atoms with Crippen LogP contribution in [0.25, 0.3) is 0 Å². The molecule has 8 heteroatoms. The van der Waals surface area contributed by atoms with Crippen molar-refractivity contribution in [2.75, 3.05) is 6.54 Å². The summed E-state index contributed by atoms with van der Waals surface area (Å²) in [6.07, 6.45) is 1.07. The molecule has 0 spiro atoms. The minimum atomic E-state index is -3.77. The highest BCUT2D eigenvalue weighted by atomic mass is 79.9. The molecule has 1 heterocycles. The maximum Gasteiger partial charge on any atom is 0.243 e. The fourth-order valence-electron chi connectivity index (χ4n) is 3.20. The van der Waals surface area contributed by atoms with Crippen molar-refractivity contribution in [2.45, 2.75) is 36.7 Å². The smallest absolute Gasteiger partial charge is 0.243 e. The molecule has 0 bridgehead atoms. The van der Waals surface area contributed by atoms with E-state index in [1.165, 1.54) is 28.6 Å². The average molecular weight is 455 g/mol. The quantitative estimate of drug-likeness (QED) is 0.749. The van der Waals surface area contributed by atoms with Crippen molar-refractivity contribution < 1.29 is 17.6 Å². The Labute approximate surface area is 166 Å². The lowest BCUT2D eigenvalue weighted by molar-refractivity contribution is -0.124. The molecule has 27 heavy (non-hydrogen) atoms. The number of sulfonamides is 1. The van der Waals surface area contributed by atoms with Crippen LogP contribution in [0.15, 0.2) is 57.9 Å². The Hall–Kier alpha value is -1.77. The number of benzene rings is 2. The summed E-state index contributed by atoms with van der Waals surface area (Å²) >= 11 is 3.29. The van der Waals surface area contributed by atoms with Gasteiger partial charge in [-0.2, -0.15) is 4.31 Å². The van der Waals surface area contributed by atoms with Crippen molar-refractivity contribution in [3.05, 3.63) is 64.4 Å². The molecular weight excluding hydrogens is 435 g/mol. The average Bonchev–Trinajstić information content (AvgIpc) is 3.13. The van der Waals surface area contributed by atoms with Crippen LogP contribution in [0.3, 0.4) is 0 Å². The number of halogens is 2. The van der Waals surface area contributed by atoms with E-state index >= 15 is 0 Å². The standard InChI is InChI=1S/C19H20BrFN2O3S/c1-13(14-4-2-5-16(21)12-14)22-19(24)18-6-3-11-23(18)27(25,26)17-9-7-15(20)8-10-17/h2,4-5,7-10,12-13,18H,3,6,11H2,1H3,(H,22,24). The number of carbonyl (C=O) groups excluding carboxylic acids is 1. The van der Waals surface area contributed by atoms with Crippen LogP contribution in [-0.2, 0) is 14.8 Å². The predicted octanol–water partition coefficient (Wildman–Crippen LogP) is 3.62. The molecule has 1 amide bonds. The highest BCUT2D eigenvalue weighted by molar-refractivity contribution is 9.10. The molecular formula is C19H20BrFN2O3S. The maximum absolute atomic E-state index is 13.4. The van der Waals surface area contributed by atoms with Gasteiger partial charge in [-0.3, -0.25) is 4.79 Å². The summed E-state index contributed by atoms with van der Waals surface area (Å²) in [7, 11) is -3.77. The van der Waals surface area contributed by atoms with Crippen LogP contribution in [-0.4, -0.2) is 31.2 Å². The topological polar surface area (TPSA) is 66.5 Å². The van der Waals surface area contributed by atoms with Crippen LogP contribution in [0.2, 0.25) is 0 Å². The van der Waals surface area contributed by atoms with Crippen molar-refractivity contribution >= 4 is 31.9 Å². The molecule has 2 atom stereocenters. The molecule has 1 N–H and O–H groups in total. The van der Waals surface area contributed by atoms with E-state index in [0.717, 1.165) is 4.47 Å². The molecule has 1 aliphatic rings. The molecule has 0 aromatic heterocycles. The molecule has 1 fully saturated rings. The summed E-state index contributed by atoms with van der Waals surface area (Å²) in [5.41, 5.74) is 0.628. The highest BCUT2D eigenvalue weighted by Gasteiger charge is 2.39. The molecule has 2 aromatic rings. The number of rotatable bonds is 5. The zero-order valence-corrected chi connectivity index (χ0v) is 17.1. The lowest BCUT2D eigenvalue weighted by atomic mass is 10.1. The van der Waals surface area contributed by atoms with Gasteiger partial charge in [-0.1, -0.05) is 28.1 Å². The minimum absolute atomic E-state index is 0.156. The molecule has 1 aliphatic heterocycles. The number of hydrogen-bond donors (Lipinski definition) is 1. The number of nitrogens with one attached hydrogen (secondary N) is 1. The monoisotopic (exact) mass is 454 g/mol. The summed E-state index contributed by atoms with van der Waals surface area (Å²) in [4.78, 5) is 12.9. The normalized spacial score (nSPS) is 19.0. The second-order valence-electron chi connectivity index (χ2n) is 6.51. The van der Waals surface area contributed by atoms with Crippen LogP contribution in [0.1, 0.15) is 31.4 Å². The molecule has 3 rings (SSSR count). The largest absolute Gasteiger partial charge is 0.348 e. The molecule has 5 nitrogen and oxygen atoms in total. The van der Waals surface area contributed by atoms with Crippen LogP contribution in [0, 0.1) is 5.82 Å². The third-order valence-corrected chi connectivity index (χ3v) is 7.09. The Kier molecular flexibility index (Phi) is 5.98. The van der Waals surface area contributed by atoms with Gasteiger partial charge < -0.3 is 5.32 Å². The Morgan fingerprint density at radius 1 is 1.26 bits per heavy atom. The highest BCUT2D eigenvalue weighted by Crippen LogP contribution is 2.27. The predicted molar refractivity (Wildman–Crippen MR) is 104 cm³/mol. The number of carbonyl (C=O) groups is 1. The number of amides is 1. The van der Waals surface area contributed by atoms with Crippen molar-refractivity contribution in [2.24, 2.45) is 0 Å². The van der Waals surface area contributed by atoms with Crippen molar-refractivity contribution in [3.63, 3.8) is 0 Å². The van der Waals surface area contributed by atoms with Crippen molar-refractivity contribution in [3.8, 4) is 0 Å². The first kappa shape index (κ1) is 20.0. The Morgan fingerprint density at radius 2 is 1.96 bits per heavy atom. The van der Waals surface area contributed by atoms with Gasteiger partial charge in [0.1, 0.15) is 11.9 Å². The second-order valence-corrected chi connectivity index (χ2v) is 9.32. The van der Waals surface area contributed by atoms with Crippen LogP contribution in [0.5, 0.6) is 0 Å². The van der Waals surface area contributed by atoms with E-state index in [-0.39, 0.29) is 16.6 Å². The van der Waals surface area contributed by atoms with E-state index < -0.39 is 22.1 Å².